The predicted molar refractivity (Wildman–Crippen MR) is 77.3 cm³/mol. The molecule has 0 aliphatic rings. The molecular weight excluding hydrogens is 276 g/mol. The van der Waals surface area contributed by atoms with Crippen molar-refractivity contribution in [1.29, 1.82) is 0 Å². The second-order valence-corrected chi connectivity index (χ2v) is 5.18. The van der Waals surface area contributed by atoms with Gasteiger partial charge in [-0.15, -0.1) is 0 Å². The zero-order valence-electron chi connectivity index (χ0n) is 12.4. The van der Waals surface area contributed by atoms with Crippen molar-refractivity contribution in [2.24, 2.45) is 0 Å². The molecule has 0 fully saturated rings. The van der Waals surface area contributed by atoms with E-state index in [9.17, 15) is 20.0 Å². The van der Waals surface area contributed by atoms with Crippen LogP contribution in [0.5, 0.6) is 0 Å². The number of aliphatic hydroxyl groups is 1. The van der Waals surface area contributed by atoms with E-state index in [1.807, 2.05) is 0 Å². The molecule has 1 rings (SSSR count). The van der Waals surface area contributed by atoms with Gasteiger partial charge in [0.2, 0.25) is 0 Å². The lowest BCUT2D eigenvalue weighted by atomic mass is 10.0. The number of methoxy groups -OCH3 is 1. The number of carbonyl (C=O) groups is 1. The van der Waals surface area contributed by atoms with Crippen molar-refractivity contribution in [2.75, 3.05) is 20.3 Å². The summed E-state index contributed by atoms with van der Waals surface area (Å²) in [5, 5.41) is 23.4. The maximum Gasteiger partial charge on any atom is 0.273 e. The third-order valence-corrected chi connectivity index (χ3v) is 3.14. The van der Waals surface area contributed by atoms with Gasteiger partial charge < -0.3 is 15.2 Å². The minimum Gasteiger partial charge on any atom is -0.388 e. The Kier molecular flexibility index (Phi) is 5.80. The largest absolute Gasteiger partial charge is 0.388 e. The highest BCUT2D eigenvalue weighted by atomic mass is 16.6. The number of benzene rings is 1. The number of carbonyl (C=O) groups excluding carboxylic acids is 1. The number of amides is 1. The lowest BCUT2D eigenvalue weighted by Gasteiger charge is -2.23. The number of ether oxygens (including phenoxy) is 1. The second kappa shape index (κ2) is 7.14. The Balaban J connectivity index is 2.72. The molecule has 1 aromatic carbocycles. The van der Waals surface area contributed by atoms with Gasteiger partial charge in [0, 0.05) is 43.9 Å². The van der Waals surface area contributed by atoms with Crippen LogP contribution >= 0.6 is 0 Å². The first-order valence-electron chi connectivity index (χ1n) is 6.51. The Morgan fingerprint density at radius 1 is 1.52 bits per heavy atom. The summed E-state index contributed by atoms with van der Waals surface area (Å²) in [5.74, 6) is -0.462. The Morgan fingerprint density at radius 3 is 2.76 bits per heavy atom. The molecule has 7 heteroatoms. The fourth-order valence-corrected chi connectivity index (χ4v) is 1.73. The van der Waals surface area contributed by atoms with Crippen molar-refractivity contribution < 1.29 is 19.6 Å². The van der Waals surface area contributed by atoms with E-state index in [0.29, 0.717) is 18.6 Å². The second-order valence-electron chi connectivity index (χ2n) is 5.18. The van der Waals surface area contributed by atoms with Gasteiger partial charge in [-0.05, 0) is 19.9 Å². The molecule has 0 radical (unpaired) electrons. The molecule has 2 N–H and O–H groups in total. The molecule has 1 aromatic rings. The zero-order valence-corrected chi connectivity index (χ0v) is 12.4. The van der Waals surface area contributed by atoms with Gasteiger partial charge in [-0.2, -0.15) is 0 Å². The summed E-state index contributed by atoms with van der Waals surface area (Å²) in [6.45, 7) is 3.61. The van der Waals surface area contributed by atoms with E-state index in [4.69, 9.17) is 4.74 Å². The van der Waals surface area contributed by atoms with Crippen LogP contribution in [0.1, 0.15) is 29.3 Å². The number of nitrogens with one attached hydrogen (secondary N) is 1. The molecule has 0 bridgehead atoms. The molecule has 1 atom stereocenters. The summed E-state index contributed by atoms with van der Waals surface area (Å²) < 4.78 is 4.88. The van der Waals surface area contributed by atoms with Crippen molar-refractivity contribution in [1.82, 2.24) is 5.32 Å². The van der Waals surface area contributed by atoms with E-state index >= 15 is 0 Å². The average Bonchev–Trinajstić information content (AvgIpc) is 2.43. The summed E-state index contributed by atoms with van der Waals surface area (Å²) in [5.41, 5.74) is -0.519. The van der Waals surface area contributed by atoms with E-state index in [1.54, 1.807) is 13.8 Å². The van der Waals surface area contributed by atoms with Gasteiger partial charge in [0.1, 0.15) is 0 Å². The average molecular weight is 296 g/mol. The van der Waals surface area contributed by atoms with Crippen LogP contribution in [0.3, 0.4) is 0 Å². The first kappa shape index (κ1) is 17.1. The summed E-state index contributed by atoms with van der Waals surface area (Å²) >= 11 is 0. The molecule has 0 saturated carbocycles. The fraction of sp³-hybridized carbons (Fsp3) is 0.500. The highest BCUT2D eigenvalue weighted by Gasteiger charge is 2.22. The van der Waals surface area contributed by atoms with Gasteiger partial charge in [-0.3, -0.25) is 14.9 Å². The standard InChI is InChI=1S/C14H20N2O5/c1-10-4-5-11(8-12(10)16(19)20)13(17)15-9-14(2,18)6-7-21-3/h4-5,8,18H,6-7,9H2,1-3H3,(H,15,17). The topological polar surface area (TPSA) is 102 Å². The fourth-order valence-electron chi connectivity index (χ4n) is 1.73. The summed E-state index contributed by atoms with van der Waals surface area (Å²) in [7, 11) is 1.53. The smallest absolute Gasteiger partial charge is 0.273 e. The number of nitro benzene ring substituents is 1. The van der Waals surface area contributed by atoms with Crippen molar-refractivity contribution in [3.63, 3.8) is 0 Å². The molecule has 0 saturated heterocycles. The van der Waals surface area contributed by atoms with Gasteiger partial charge in [-0.1, -0.05) is 6.07 Å². The summed E-state index contributed by atoms with van der Waals surface area (Å²) in [6.07, 6.45) is 0.373. The first-order chi connectivity index (χ1) is 9.76. The number of hydrogen-bond donors (Lipinski definition) is 2. The van der Waals surface area contributed by atoms with Gasteiger partial charge in [0.25, 0.3) is 11.6 Å². The molecule has 0 spiro atoms. The van der Waals surface area contributed by atoms with E-state index in [0.717, 1.165) is 0 Å². The Morgan fingerprint density at radius 2 is 2.19 bits per heavy atom. The molecule has 7 nitrogen and oxygen atoms in total. The third-order valence-electron chi connectivity index (χ3n) is 3.14. The molecule has 1 amide bonds. The zero-order chi connectivity index (χ0) is 16.0. The third kappa shape index (κ3) is 5.13. The van der Waals surface area contributed by atoms with E-state index in [1.165, 1.54) is 25.3 Å². The van der Waals surface area contributed by atoms with Crippen molar-refractivity contribution in [3.8, 4) is 0 Å². The Labute approximate surface area is 123 Å². The highest BCUT2D eigenvalue weighted by Crippen LogP contribution is 2.19. The number of nitrogens with zero attached hydrogens (tertiary/aromatic N) is 1. The van der Waals surface area contributed by atoms with Crippen LogP contribution in [0.25, 0.3) is 0 Å². The molecule has 0 aliphatic carbocycles. The molecule has 21 heavy (non-hydrogen) atoms. The Hall–Kier alpha value is -1.99. The van der Waals surface area contributed by atoms with Gasteiger partial charge >= 0.3 is 0 Å². The number of rotatable bonds is 7. The summed E-state index contributed by atoms with van der Waals surface area (Å²) in [6, 6.07) is 4.27. The number of hydrogen-bond acceptors (Lipinski definition) is 5. The van der Waals surface area contributed by atoms with E-state index in [2.05, 4.69) is 5.32 Å². The van der Waals surface area contributed by atoms with Crippen molar-refractivity contribution in [2.45, 2.75) is 25.9 Å². The first-order valence-corrected chi connectivity index (χ1v) is 6.51. The van der Waals surface area contributed by atoms with Crippen LogP contribution < -0.4 is 5.32 Å². The van der Waals surface area contributed by atoms with Crippen LogP contribution in [-0.2, 0) is 4.74 Å². The van der Waals surface area contributed by atoms with Crippen LogP contribution in [0.2, 0.25) is 0 Å². The molecule has 1 unspecified atom stereocenters. The van der Waals surface area contributed by atoms with Gasteiger partial charge in [0.05, 0.1) is 10.5 Å². The minimum atomic E-state index is -1.09. The van der Waals surface area contributed by atoms with Gasteiger partial charge in [-0.25, -0.2) is 0 Å². The van der Waals surface area contributed by atoms with E-state index < -0.39 is 16.4 Å². The highest BCUT2D eigenvalue weighted by molar-refractivity contribution is 5.95. The van der Waals surface area contributed by atoms with Crippen molar-refractivity contribution in [3.05, 3.63) is 39.4 Å². The maximum atomic E-state index is 12.0. The van der Waals surface area contributed by atoms with Crippen LogP contribution in [0.4, 0.5) is 5.69 Å². The van der Waals surface area contributed by atoms with Crippen LogP contribution in [0.15, 0.2) is 18.2 Å². The number of nitro groups is 1. The van der Waals surface area contributed by atoms with Gasteiger partial charge in [0.15, 0.2) is 0 Å². The molecule has 0 heterocycles. The van der Waals surface area contributed by atoms with E-state index in [-0.39, 0.29) is 17.8 Å². The SMILES string of the molecule is COCCC(C)(O)CNC(=O)c1ccc(C)c([N+](=O)[O-])c1. The number of aryl methyl sites for hydroxylation is 1. The lowest BCUT2D eigenvalue weighted by molar-refractivity contribution is -0.385. The maximum absolute atomic E-state index is 12.0. The molecule has 0 aliphatic heterocycles. The summed E-state index contributed by atoms with van der Waals surface area (Å²) in [4.78, 5) is 22.3. The molecule has 0 aromatic heterocycles. The van der Waals surface area contributed by atoms with Crippen LogP contribution in [-0.4, -0.2) is 41.8 Å². The minimum absolute atomic E-state index is 0.0386. The predicted octanol–water partition coefficient (Wildman–Crippen LogP) is 1.42. The van der Waals surface area contributed by atoms with Crippen LogP contribution in [0, 0.1) is 17.0 Å². The Bertz CT molecular complexity index is 528. The van der Waals surface area contributed by atoms with Crippen molar-refractivity contribution >= 4 is 11.6 Å². The molecule has 116 valence electrons. The molecular formula is C14H20N2O5. The normalized spacial score (nSPS) is 13.5. The quantitative estimate of drug-likeness (QED) is 0.585. The lowest BCUT2D eigenvalue weighted by Crippen LogP contribution is -2.41. The monoisotopic (exact) mass is 296 g/mol.